The van der Waals surface area contributed by atoms with Crippen LogP contribution in [-0.4, -0.2) is 4.98 Å². The summed E-state index contributed by atoms with van der Waals surface area (Å²) in [5, 5.41) is 0. The SMILES string of the molecule is Cc1ccnc(CC(C)(C)C)c1. The molecule has 1 rings (SSSR count). The van der Waals surface area contributed by atoms with Crippen LogP contribution in [0.2, 0.25) is 0 Å². The zero-order valence-electron chi connectivity index (χ0n) is 8.39. The van der Waals surface area contributed by atoms with Crippen molar-refractivity contribution in [3.05, 3.63) is 29.6 Å². The number of aromatic nitrogens is 1. The molecule has 0 aliphatic rings. The van der Waals surface area contributed by atoms with E-state index in [1.807, 2.05) is 12.3 Å². The first-order chi connectivity index (χ1) is 5.47. The van der Waals surface area contributed by atoms with Gasteiger partial charge >= 0.3 is 0 Å². The highest BCUT2D eigenvalue weighted by atomic mass is 14.7. The molecule has 0 N–H and O–H groups in total. The zero-order valence-corrected chi connectivity index (χ0v) is 8.39. The highest BCUT2D eigenvalue weighted by Gasteiger charge is 2.11. The van der Waals surface area contributed by atoms with Crippen LogP contribution < -0.4 is 0 Å². The molecule has 1 heteroatoms. The number of hydrogen-bond acceptors (Lipinski definition) is 1. The first-order valence-electron chi connectivity index (χ1n) is 4.39. The average Bonchev–Trinajstić information content (AvgIpc) is 1.82. The molecular weight excluding hydrogens is 146 g/mol. The maximum atomic E-state index is 4.32. The Morgan fingerprint density at radius 2 is 2.00 bits per heavy atom. The molecule has 0 atom stereocenters. The van der Waals surface area contributed by atoms with Gasteiger partial charge in [0.2, 0.25) is 0 Å². The van der Waals surface area contributed by atoms with Crippen molar-refractivity contribution in [2.24, 2.45) is 5.41 Å². The van der Waals surface area contributed by atoms with Crippen molar-refractivity contribution < 1.29 is 0 Å². The highest BCUT2D eigenvalue weighted by Crippen LogP contribution is 2.19. The van der Waals surface area contributed by atoms with Gasteiger partial charge in [0.15, 0.2) is 0 Å². The molecule has 0 fully saturated rings. The second-order valence-corrected chi connectivity index (χ2v) is 4.56. The van der Waals surface area contributed by atoms with Crippen LogP contribution in [0, 0.1) is 12.3 Å². The molecule has 1 aromatic rings. The van der Waals surface area contributed by atoms with E-state index in [1.165, 1.54) is 11.3 Å². The van der Waals surface area contributed by atoms with Crippen molar-refractivity contribution in [3.63, 3.8) is 0 Å². The molecular formula is C11H17N. The summed E-state index contributed by atoms with van der Waals surface area (Å²) < 4.78 is 0. The molecule has 66 valence electrons. The average molecular weight is 163 g/mol. The van der Waals surface area contributed by atoms with E-state index in [-0.39, 0.29) is 0 Å². The van der Waals surface area contributed by atoms with Crippen LogP contribution in [0.3, 0.4) is 0 Å². The van der Waals surface area contributed by atoms with Gasteiger partial charge in [-0.15, -0.1) is 0 Å². The Labute approximate surface area is 74.8 Å². The fourth-order valence-corrected chi connectivity index (χ4v) is 1.24. The van der Waals surface area contributed by atoms with Gasteiger partial charge in [-0.2, -0.15) is 0 Å². The van der Waals surface area contributed by atoms with Crippen LogP contribution in [0.5, 0.6) is 0 Å². The lowest BCUT2D eigenvalue weighted by Gasteiger charge is -2.17. The largest absolute Gasteiger partial charge is 0.261 e. The molecule has 0 unspecified atom stereocenters. The lowest BCUT2D eigenvalue weighted by atomic mass is 9.90. The Bertz CT molecular complexity index is 258. The van der Waals surface area contributed by atoms with Crippen molar-refractivity contribution >= 4 is 0 Å². The van der Waals surface area contributed by atoms with Crippen molar-refractivity contribution in [3.8, 4) is 0 Å². The van der Waals surface area contributed by atoms with E-state index in [2.05, 4.69) is 38.7 Å². The van der Waals surface area contributed by atoms with Gasteiger partial charge in [0.1, 0.15) is 0 Å². The number of pyridine rings is 1. The lowest BCUT2D eigenvalue weighted by molar-refractivity contribution is 0.406. The van der Waals surface area contributed by atoms with Crippen molar-refractivity contribution in [2.75, 3.05) is 0 Å². The lowest BCUT2D eigenvalue weighted by Crippen LogP contribution is -2.10. The second-order valence-electron chi connectivity index (χ2n) is 4.56. The Hall–Kier alpha value is -0.850. The first-order valence-corrected chi connectivity index (χ1v) is 4.39. The summed E-state index contributed by atoms with van der Waals surface area (Å²) in [6, 6.07) is 4.19. The molecule has 0 spiro atoms. The fraction of sp³-hybridized carbons (Fsp3) is 0.545. The standard InChI is InChI=1S/C11H17N/c1-9-5-6-12-10(7-9)8-11(2,3)4/h5-7H,8H2,1-4H3. The normalized spacial score (nSPS) is 11.7. The summed E-state index contributed by atoms with van der Waals surface area (Å²) in [5.74, 6) is 0. The van der Waals surface area contributed by atoms with Crippen molar-refractivity contribution in [1.29, 1.82) is 0 Å². The van der Waals surface area contributed by atoms with Gasteiger partial charge in [-0.25, -0.2) is 0 Å². The predicted octanol–water partition coefficient (Wildman–Crippen LogP) is 2.98. The Morgan fingerprint density at radius 3 is 2.50 bits per heavy atom. The minimum atomic E-state index is 0.334. The quantitative estimate of drug-likeness (QED) is 0.620. The summed E-state index contributed by atoms with van der Waals surface area (Å²) in [6.07, 6.45) is 2.94. The summed E-state index contributed by atoms with van der Waals surface area (Å²) >= 11 is 0. The topological polar surface area (TPSA) is 12.9 Å². The Morgan fingerprint density at radius 1 is 1.33 bits per heavy atom. The summed E-state index contributed by atoms with van der Waals surface area (Å²) in [7, 11) is 0. The van der Waals surface area contributed by atoms with Crippen LogP contribution >= 0.6 is 0 Å². The Kier molecular flexibility index (Phi) is 2.51. The third-order valence-electron chi connectivity index (χ3n) is 1.68. The van der Waals surface area contributed by atoms with Crippen molar-refractivity contribution in [2.45, 2.75) is 34.1 Å². The summed E-state index contributed by atoms with van der Waals surface area (Å²) in [5.41, 5.74) is 2.83. The number of hydrogen-bond donors (Lipinski definition) is 0. The molecule has 0 aliphatic carbocycles. The maximum Gasteiger partial charge on any atom is 0.0411 e. The molecule has 0 aliphatic heterocycles. The van der Waals surface area contributed by atoms with Gasteiger partial charge in [0.05, 0.1) is 0 Å². The Balaban J connectivity index is 2.77. The van der Waals surface area contributed by atoms with Gasteiger partial charge in [0.25, 0.3) is 0 Å². The van der Waals surface area contributed by atoms with E-state index in [9.17, 15) is 0 Å². The molecule has 1 nitrogen and oxygen atoms in total. The number of nitrogens with zero attached hydrogens (tertiary/aromatic N) is 1. The zero-order chi connectivity index (χ0) is 9.19. The van der Waals surface area contributed by atoms with Crippen LogP contribution in [-0.2, 0) is 6.42 Å². The molecule has 1 heterocycles. The van der Waals surface area contributed by atoms with Gasteiger partial charge in [-0.1, -0.05) is 20.8 Å². The first kappa shape index (κ1) is 9.24. The highest BCUT2D eigenvalue weighted by molar-refractivity contribution is 5.15. The fourth-order valence-electron chi connectivity index (χ4n) is 1.24. The van der Waals surface area contributed by atoms with Crippen molar-refractivity contribution in [1.82, 2.24) is 4.98 Å². The number of rotatable bonds is 1. The minimum Gasteiger partial charge on any atom is -0.261 e. The van der Waals surface area contributed by atoms with Gasteiger partial charge in [-0.05, 0) is 36.5 Å². The van der Waals surface area contributed by atoms with Crippen LogP contribution in [0.25, 0.3) is 0 Å². The summed E-state index contributed by atoms with van der Waals surface area (Å²) in [4.78, 5) is 4.32. The van der Waals surface area contributed by atoms with Gasteiger partial charge in [0, 0.05) is 11.9 Å². The van der Waals surface area contributed by atoms with E-state index in [4.69, 9.17) is 0 Å². The molecule has 0 radical (unpaired) electrons. The summed E-state index contributed by atoms with van der Waals surface area (Å²) in [6.45, 7) is 8.80. The van der Waals surface area contributed by atoms with Gasteiger partial charge < -0.3 is 0 Å². The molecule has 0 bridgehead atoms. The molecule has 0 saturated carbocycles. The third-order valence-corrected chi connectivity index (χ3v) is 1.68. The minimum absolute atomic E-state index is 0.334. The molecule has 0 saturated heterocycles. The second kappa shape index (κ2) is 3.26. The van der Waals surface area contributed by atoms with Crippen LogP contribution in [0.4, 0.5) is 0 Å². The maximum absolute atomic E-state index is 4.32. The molecule has 0 aromatic carbocycles. The van der Waals surface area contributed by atoms with Crippen LogP contribution in [0.15, 0.2) is 18.3 Å². The molecule has 1 aromatic heterocycles. The third kappa shape index (κ3) is 3.04. The van der Waals surface area contributed by atoms with Crippen LogP contribution in [0.1, 0.15) is 32.0 Å². The number of aryl methyl sites for hydroxylation is 1. The monoisotopic (exact) mass is 163 g/mol. The molecule has 0 amide bonds. The predicted molar refractivity (Wildman–Crippen MR) is 52.1 cm³/mol. The van der Waals surface area contributed by atoms with E-state index < -0.39 is 0 Å². The van der Waals surface area contributed by atoms with E-state index in [0.29, 0.717) is 5.41 Å². The van der Waals surface area contributed by atoms with Gasteiger partial charge in [-0.3, -0.25) is 4.98 Å². The van der Waals surface area contributed by atoms with E-state index >= 15 is 0 Å². The van der Waals surface area contributed by atoms with E-state index in [0.717, 1.165) is 6.42 Å². The van der Waals surface area contributed by atoms with E-state index in [1.54, 1.807) is 0 Å². The smallest absolute Gasteiger partial charge is 0.0411 e. The molecule has 12 heavy (non-hydrogen) atoms.